The third kappa shape index (κ3) is 4.05. The first-order valence-corrected chi connectivity index (χ1v) is 11.0. The normalized spacial score (nSPS) is 23.7. The highest BCUT2D eigenvalue weighted by molar-refractivity contribution is 5.93. The summed E-state index contributed by atoms with van der Waals surface area (Å²) in [4.78, 5) is 25.3. The Morgan fingerprint density at radius 2 is 1.88 bits per heavy atom. The minimum Gasteiger partial charge on any atom is -0.481 e. The van der Waals surface area contributed by atoms with Gasteiger partial charge in [-0.15, -0.1) is 0 Å². The van der Waals surface area contributed by atoms with Gasteiger partial charge >= 0.3 is 12.1 Å². The lowest BCUT2D eigenvalue weighted by Crippen LogP contribution is -2.49. The first-order valence-electron chi connectivity index (χ1n) is 11.0. The largest absolute Gasteiger partial charge is 0.481 e. The number of amides is 1. The fourth-order valence-corrected chi connectivity index (χ4v) is 5.56. The zero-order chi connectivity index (χ0) is 24.9. The van der Waals surface area contributed by atoms with Crippen LogP contribution in [-0.2, 0) is 33.5 Å². The highest BCUT2D eigenvalue weighted by atomic mass is 19.4. The number of benzene rings is 2. The van der Waals surface area contributed by atoms with Crippen molar-refractivity contribution in [3.63, 3.8) is 0 Å². The molecule has 182 valence electrons. The number of hydrogen-bond acceptors (Lipinski definition) is 2. The fourth-order valence-electron chi connectivity index (χ4n) is 5.56. The first-order chi connectivity index (χ1) is 15.8. The van der Waals surface area contributed by atoms with Crippen molar-refractivity contribution in [1.29, 1.82) is 0 Å². The van der Waals surface area contributed by atoms with Crippen LogP contribution in [0.1, 0.15) is 48.4 Å². The van der Waals surface area contributed by atoms with Crippen LogP contribution in [0.2, 0.25) is 0 Å². The minimum atomic E-state index is -5.08. The maximum atomic E-state index is 14.7. The second-order valence-electron chi connectivity index (χ2n) is 9.30. The average molecular weight is 481 g/mol. The molecule has 2 aromatic carbocycles. The average Bonchev–Trinajstić information content (AvgIpc) is 3.11. The molecule has 0 bridgehead atoms. The number of carbonyl (C=O) groups is 2. The summed E-state index contributed by atoms with van der Waals surface area (Å²) in [6.45, 7) is 0.765. The lowest BCUT2D eigenvalue weighted by Gasteiger charge is -2.44. The second kappa shape index (κ2) is 8.36. The molecule has 0 aromatic heterocycles. The van der Waals surface area contributed by atoms with E-state index >= 15 is 0 Å². The Bertz CT molecular complexity index is 1130. The monoisotopic (exact) mass is 481 g/mol. The van der Waals surface area contributed by atoms with E-state index in [1.54, 1.807) is 12.1 Å². The summed E-state index contributed by atoms with van der Waals surface area (Å²) in [5.74, 6) is -2.22. The second-order valence-corrected chi connectivity index (χ2v) is 9.30. The molecule has 0 saturated carbocycles. The number of nitrogens with zero attached hydrogens (tertiary/aromatic N) is 1. The van der Waals surface area contributed by atoms with Crippen LogP contribution in [0.5, 0.6) is 0 Å². The molecule has 1 N–H and O–H groups in total. The Labute approximate surface area is 193 Å². The van der Waals surface area contributed by atoms with Gasteiger partial charge in [-0.05, 0) is 67.0 Å². The number of likely N-dealkylation sites (tertiary alicyclic amines) is 1. The van der Waals surface area contributed by atoms with Crippen LogP contribution in [0.15, 0.2) is 42.5 Å². The molecule has 2 aliphatic rings. The number of carboxylic acids is 1. The summed E-state index contributed by atoms with van der Waals surface area (Å²) < 4.78 is 68.5. The zero-order valence-electron chi connectivity index (χ0n) is 18.5. The van der Waals surface area contributed by atoms with E-state index in [4.69, 9.17) is 5.11 Å². The van der Waals surface area contributed by atoms with Crippen molar-refractivity contribution < 1.29 is 36.6 Å². The number of aryl methyl sites for hydroxylation is 1. The quantitative estimate of drug-likeness (QED) is 0.479. The number of carbonyl (C=O) groups excluding carboxylic acids is 1. The predicted molar refractivity (Wildman–Crippen MR) is 113 cm³/mol. The van der Waals surface area contributed by atoms with Crippen molar-refractivity contribution in [2.75, 3.05) is 6.54 Å². The highest BCUT2D eigenvalue weighted by Crippen LogP contribution is 2.51. The van der Waals surface area contributed by atoms with E-state index in [9.17, 15) is 31.5 Å². The lowest BCUT2D eigenvalue weighted by molar-refractivity contribution is -0.228. The van der Waals surface area contributed by atoms with Gasteiger partial charge in [0, 0.05) is 18.0 Å². The molecule has 0 spiro atoms. The minimum absolute atomic E-state index is 0.274. The summed E-state index contributed by atoms with van der Waals surface area (Å²) in [7, 11) is 0. The van der Waals surface area contributed by atoms with Crippen LogP contribution < -0.4 is 0 Å². The van der Waals surface area contributed by atoms with E-state index in [1.165, 1.54) is 29.2 Å². The Morgan fingerprint density at radius 1 is 1.15 bits per heavy atom. The Morgan fingerprint density at radius 3 is 2.53 bits per heavy atom. The number of aliphatic carboxylic acids is 1. The van der Waals surface area contributed by atoms with Crippen molar-refractivity contribution in [2.45, 2.75) is 62.3 Å². The predicted octanol–water partition coefficient (Wildman–Crippen LogP) is 5.08. The van der Waals surface area contributed by atoms with Gasteiger partial charge in [-0.25, -0.2) is 8.78 Å². The number of rotatable bonds is 5. The van der Waals surface area contributed by atoms with E-state index in [1.807, 2.05) is 0 Å². The van der Waals surface area contributed by atoms with Crippen molar-refractivity contribution in [1.82, 2.24) is 4.90 Å². The molecule has 1 amide bonds. The van der Waals surface area contributed by atoms with Crippen LogP contribution in [0.25, 0.3) is 0 Å². The smallest absolute Gasteiger partial charge is 0.426 e. The molecular weight excluding hydrogens is 457 g/mol. The van der Waals surface area contributed by atoms with Gasteiger partial charge in [0.05, 0.1) is 0 Å². The van der Waals surface area contributed by atoms with Gasteiger partial charge in [0.2, 0.25) is 11.6 Å². The van der Waals surface area contributed by atoms with Crippen LogP contribution in [-0.4, -0.2) is 40.6 Å². The van der Waals surface area contributed by atoms with Gasteiger partial charge in [0.25, 0.3) is 0 Å². The molecule has 34 heavy (non-hydrogen) atoms. The summed E-state index contributed by atoms with van der Waals surface area (Å²) in [6.07, 6.45) is -4.31. The fraction of sp³-hybridized carbons (Fsp3) is 0.440. The highest BCUT2D eigenvalue weighted by Gasteiger charge is 2.55. The van der Waals surface area contributed by atoms with Gasteiger partial charge in [0.1, 0.15) is 12.2 Å². The van der Waals surface area contributed by atoms with Gasteiger partial charge in [0.15, 0.2) is 0 Å². The van der Waals surface area contributed by atoms with Crippen molar-refractivity contribution in [2.24, 2.45) is 0 Å². The van der Waals surface area contributed by atoms with E-state index in [2.05, 4.69) is 0 Å². The van der Waals surface area contributed by atoms with Gasteiger partial charge in [-0.3, -0.25) is 9.59 Å². The van der Waals surface area contributed by atoms with Gasteiger partial charge < -0.3 is 10.0 Å². The summed E-state index contributed by atoms with van der Waals surface area (Å²) >= 11 is 0. The van der Waals surface area contributed by atoms with Crippen LogP contribution in [0, 0.1) is 5.82 Å². The molecule has 3 unspecified atom stereocenters. The molecule has 1 aliphatic heterocycles. The number of hydrogen-bond donors (Lipinski definition) is 1. The zero-order valence-corrected chi connectivity index (χ0v) is 18.5. The third-order valence-corrected chi connectivity index (χ3v) is 7.25. The summed E-state index contributed by atoms with van der Waals surface area (Å²) in [6, 6.07) is 9.43. The van der Waals surface area contributed by atoms with Crippen LogP contribution >= 0.6 is 0 Å². The van der Waals surface area contributed by atoms with Crippen molar-refractivity contribution in [3.05, 3.63) is 70.5 Å². The SMILES string of the molecule is CC(F)(c1ccc2c(c1)CCC1N(C(=O)CC(=O)O)CCC21Cc1cccc(F)c1)C(F)(F)F. The van der Waals surface area contributed by atoms with Crippen LogP contribution in [0.4, 0.5) is 22.0 Å². The third-order valence-electron chi connectivity index (χ3n) is 7.25. The number of fused-ring (bicyclic) bond motifs is 3. The molecule has 1 fully saturated rings. The van der Waals surface area contributed by atoms with E-state index < -0.39 is 53.0 Å². The number of carboxylic acid groups (broad SMARTS) is 1. The molecule has 1 aliphatic carbocycles. The maximum Gasteiger partial charge on any atom is 0.426 e. The molecule has 4 nitrogen and oxygen atoms in total. The Hall–Kier alpha value is -2.97. The van der Waals surface area contributed by atoms with Crippen molar-refractivity contribution >= 4 is 11.9 Å². The van der Waals surface area contributed by atoms with Crippen molar-refractivity contribution in [3.8, 4) is 0 Å². The molecule has 9 heteroatoms. The Balaban J connectivity index is 1.80. The molecule has 4 rings (SSSR count). The molecule has 3 atom stereocenters. The maximum absolute atomic E-state index is 14.7. The molecule has 1 heterocycles. The van der Waals surface area contributed by atoms with Crippen LogP contribution in [0.3, 0.4) is 0 Å². The molecule has 1 saturated heterocycles. The number of alkyl halides is 4. The summed E-state index contributed by atoms with van der Waals surface area (Å²) in [5, 5.41) is 9.08. The molecule has 0 radical (unpaired) electrons. The number of halogens is 5. The first kappa shape index (κ1) is 24.2. The van der Waals surface area contributed by atoms with E-state index in [0.717, 1.165) is 6.07 Å². The molecular formula is C25H24F5NO3. The van der Waals surface area contributed by atoms with E-state index in [0.29, 0.717) is 49.3 Å². The standard InChI is InChI=1S/C25H24F5NO3/c1-23(27,25(28,29)30)17-6-7-19-16(12-17)5-8-20-24(19,14-15-3-2-4-18(26)11-15)9-10-31(20)21(32)13-22(33)34/h2-4,6-7,11-12,20H,5,8-10,13-14H2,1H3,(H,33,34). The lowest BCUT2D eigenvalue weighted by atomic mass is 9.63. The van der Waals surface area contributed by atoms with Gasteiger partial charge in [-0.2, -0.15) is 13.2 Å². The molecule has 2 aromatic rings. The van der Waals surface area contributed by atoms with Gasteiger partial charge in [-0.1, -0.05) is 30.3 Å². The van der Waals surface area contributed by atoms with E-state index in [-0.39, 0.29) is 6.54 Å². The topological polar surface area (TPSA) is 57.6 Å². The summed E-state index contributed by atoms with van der Waals surface area (Å²) in [5.41, 5.74) is -2.85. The Kier molecular flexibility index (Phi) is 5.94.